The number of methoxy groups -OCH3 is 1. The first-order valence-corrected chi connectivity index (χ1v) is 7.64. The predicted octanol–water partition coefficient (Wildman–Crippen LogP) is 3.67. The monoisotopic (exact) mass is 338 g/mol. The maximum atomic E-state index is 11.9. The number of carbonyl (C=O) groups is 1. The largest absolute Gasteiger partial charge is 0.497 e. The fourth-order valence-corrected chi connectivity index (χ4v) is 2.69. The summed E-state index contributed by atoms with van der Waals surface area (Å²) < 4.78 is 5.26. The van der Waals surface area contributed by atoms with Crippen molar-refractivity contribution in [3.05, 3.63) is 66.4 Å². The molecule has 3 N–H and O–H groups in total. The summed E-state index contributed by atoms with van der Waals surface area (Å²) >= 11 is 0. The molecule has 0 radical (unpaired) electrons. The summed E-state index contributed by atoms with van der Waals surface area (Å²) in [5.74, 6) is 0.251. The number of carbonyl (C=O) groups excluding carboxylic acids is 1. The number of fused-ring (bicyclic) bond motifs is 1. The molecule has 3 aromatic rings. The number of H-pyrrole nitrogens is 1. The molecule has 2 aromatic carbocycles. The number of benzene rings is 2. The predicted molar refractivity (Wildman–Crippen MR) is 96.6 cm³/mol. The number of anilines is 1. The normalized spacial score (nSPS) is 10.6. The fourth-order valence-electron chi connectivity index (χ4n) is 2.69. The number of para-hydroxylation sites is 1. The molecule has 0 saturated carbocycles. The second-order valence-electron chi connectivity index (χ2n) is 5.45. The van der Waals surface area contributed by atoms with Crippen LogP contribution in [0.4, 0.5) is 5.69 Å². The van der Waals surface area contributed by atoms with Crippen molar-refractivity contribution in [2.45, 2.75) is 0 Å². The van der Waals surface area contributed by atoms with Crippen LogP contribution in [0.3, 0.4) is 0 Å². The minimum atomic E-state index is -0.466. The summed E-state index contributed by atoms with van der Waals surface area (Å²) in [5.41, 5.74) is 3.70. The molecule has 128 valence electrons. The lowest BCUT2D eigenvalue weighted by Crippen LogP contribution is -2.17. The standard InChI is InChI=1S/C19H18N2O4/c1-12(13-6-5-7-14(10-13)24-2)18-19(21-17(22)11-25-23)15-8-3-4-9-16(15)20-18/h3-10,20,23H,1,11H2,2H3,(H,21,22). The van der Waals surface area contributed by atoms with E-state index in [0.717, 1.165) is 16.5 Å². The number of ether oxygens (including phenoxy) is 1. The van der Waals surface area contributed by atoms with Crippen LogP contribution >= 0.6 is 0 Å². The highest BCUT2D eigenvalue weighted by Crippen LogP contribution is 2.35. The molecule has 0 aliphatic heterocycles. The molecular weight excluding hydrogens is 320 g/mol. The maximum Gasteiger partial charge on any atom is 0.253 e. The van der Waals surface area contributed by atoms with E-state index in [9.17, 15) is 4.79 Å². The van der Waals surface area contributed by atoms with Crippen LogP contribution in [-0.4, -0.2) is 29.9 Å². The van der Waals surface area contributed by atoms with Gasteiger partial charge in [0.25, 0.3) is 5.91 Å². The summed E-state index contributed by atoms with van der Waals surface area (Å²) in [6.45, 7) is 3.71. The average Bonchev–Trinajstić information content (AvgIpc) is 3.00. The van der Waals surface area contributed by atoms with E-state index in [1.807, 2.05) is 48.5 Å². The molecule has 1 aromatic heterocycles. The molecule has 0 fully saturated rings. The van der Waals surface area contributed by atoms with Gasteiger partial charge in [0.2, 0.25) is 0 Å². The van der Waals surface area contributed by atoms with Crippen molar-refractivity contribution in [2.24, 2.45) is 0 Å². The Kier molecular flexibility index (Phi) is 4.83. The first-order valence-electron chi connectivity index (χ1n) is 7.64. The van der Waals surface area contributed by atoms with Crippen LogP contribution < -0.4 is 10.1 Å². The first-order chi connectivity index (χ1) is 12.1. The number of nitrogens with one attached hydrogen (secondary N) is 2. The Morgan fingerprint density at radius 2 is 2.04 bits per heavy atom. The smallest absolute Gasteiger partial charge is 0.253 e. The molecule has 0 unspecified atom stereocenters. The Labute approximate surface area is 144 Å². The topological polar surface area (TPSA) is 83.6 Å². The minimum Gasteiger partial charge on any atom is -0.497 e. The SMILES string of the molecule is C=C(c1cccc(OC)c1)c1[nH]c2ccccc2c1NC(=O)COO. The van der Waals surface area contributed by atoms with Gasteiger partial charge < -0.3 is 15.0 Å². The van der Waals surface area contributed by atoms with Gasteiger partial charge in [-0.1, -0.05) is 36.9 Å². The molecule has 6 heteroatoms. The van der Waals surface area contributed by atoms with Gasteiger partial charge in [0.15, 0.2) is 6.61 Å². The van der Waals surface area contributed by atoms with Crippen molar-refractivity contribution in [1.29, 1.82) is 0 Å². The Balaban J connectivity index is 2.07. The van der Waals surface area contributed by atoms with E-state index >= 15 is 0 Å². The van der Waals surface area contributed by atoms with E-state index in [1.54, 1.807) is 7.11 Å². The van der Waals surface area contributed by atoms with Crippen LogP contribution in [0.15, 0.2) is 55.1 Å². The Morgan fingerprint density at radius 3 is 2.80 bits per heavy atom. The van der Waals surface area contributed by atoms with Crippen molar-refractivity contribution < 1.29 is 19.7 Å². The van der Waals surface area contributed by atoms with E-state index in [0.29, 0.717) is 22.7 Å². The van der Waals surface area contributed by atoms with Gasteiger partial charge in [0, 0.05) is 16.5 Å². The highest BCUT2D eigenvalue weighted by molar-refractivity contribution is 6.07. The molecule has 0 aliphatic carbocycles. The molecule has 25 heavy (non-hydrogen) atoms. The molecule has 1 heterocycles. The van der Waals surface area contributed by atoms with Gasteiger partial charge in [-0.25, -0.2) is 4.89 Å². The zero-order valence-electron chi connectivity index (χ0n) is 13.7. The van der Waals surface area contributed by atoms with Gasteiger partial charge in [-0.2, -0.15) is 0 Å². The van der Waals surface area contributed by atoms with E-state index in [4.69, 9.17) is 9.99 Å². The number of amides is 1. The molecule has 0 aliphatic rings. The van der Waals surface area contributed by atoms with Crippen LogP contribution in [0.5, 0.6) is 5.75 Å². The molecule has 0 atom stereocenters. The van der Waals surface area contributed by atoms with Gasteiger partial charge in [-0.3, -0.25) is 10.1 Å². The molecule has 1 amide bonds. The zero-order valence-corrected chi connectivity index (χ0v) is 13.7. The van der Waals surface area contributed by atoms with Crippen LogP contribution in [0, 0.1) is 0 Å². The third-order valence-corrected chi connectivity index (χ3v) is 3.89. The van der Waals surface area contributed by atoms with E-state index < -0.39 is 12.5 Å². The number of aromatic amines is 1. The van der Waals surface area contributed by atoms with Crippen LogP contribution in [0.1, 0.15) is 11.3 Å². The van der Waals surface area contributed by atoms with Crippen LogP contribution in [0.2, 0.25) is 0 Å². The number of hydrogen-bond acceptors (Lipinski definition) is 4. The molecule has 3 rings (SSSR count). The highest BCUT2D eigenvalue weighted by Gasteiger charge is 2.17. The Bertz CT molecular complexity index is 930. The van der Waals surface area contributed by atoms with Crippen molar-refractivity contribution in [3.8, 4) is 5.75 Å². The van der Waals surface area contributed by atoms with E-state index in [1.165, 1.54) is 0 Å². The van der Waals surface area contributed by atoms with Gasteiger partial charge >= 0.3 is 0 Å². The summed E-state index contributed by atoms with van der Waals surface area (Å²) in [7, 11) is 1.60. The quantitative estimate of drug-likeness (QED) is 0.473. The van der Waals surface area contributed by atoms with Gasteiger partial charge in [0.05, 0.1) is 18.5 Å². The number of aromatic nitrogens is 1. The second kappa shape index (κ2) is 7.21. The summed E-state index contributed by atoms with van der Waals surface area (Å²) in [4.78, 5) is 19.1. The maximum absolute atomic E-state index is 11.9. The molecule has 0 bridgehead atoms. The second-order valence-corrected chi connectivity index (χ2v) is 5.45. The fraction of sp³-hybridized carbons (Fsp3) is 0.105. The van der Waals surface area contributed by atoms with Crippen molar-refractivity contribution in [3.63, 3.8) is 0 Å². The summed E-state index contributed by atoms with van der Waals surface area (Å²) in [5, 5.41) is 12.1. The number of rotatable bonds is 6. The molecule has 0 spiro atoms. The minimum absolute atomic E-state index is 0.454. The summed E-state index contributed by atoms with van der Waals surface area (Å²) in [6, 6.07) is 15.1. The lowest BCUT2D eigenvalue weighted by Gasteiger charge is -2.10. The molecular formula is C19H18N2O4. The summed E-state index contributed by atoms with van der Waals surface area (Å²) in [6.07, 6.45) is 0. The average molecular weight is 338 g/mol. The molecule has 6 nitrogen and oxygen atoms in total. The Hall–Kier alpha value is -3.09. The van der Waals surface area contributed by atoms with Crippen molar-refractivity contribution in [1.82, 2.24) is 4.98 Å². The zero-order chi connectivity index (χ0) is 17.8. The third-order valence-electron chi connectivity index (χ3n) is 3.89. The van der Waals surface area contributed by atoms with E-state index in [-0.39, 0.29) is 0 Å². The van der Waals surface area contributed by atoms with Crippen LogP contribution in [-0.2, 0) is 9.68 Å². The first kappa shape index (κ1) is 16.8. The van der Waals surface area contributed by atoms with Gasteiger partial charge in [-0.05, 0) is 23.8 Å². The van der Waals surface area contributed by atoms with Crippen LogP contribution in [0.25, 0.3) is 16.5 Å². The van der Waals surface area contributed by atoms with Crippen molar-refractivity contribution in [2.75, 3.05) is 19.0 Å². The number of hydrogen-bond donors (Lipinski definition) is 3. The lowest BCUT2D eigenvalue weighted by atomic mass is 10.0. The van der Waals surface area contributed by atoms with Gasteiger partial charge in [-0.15, -0.1) is 0 Å². The third kappa shape index (κ3) is 3.40. The molecule has 0 saturated heterocycles. The van der Waals surface area contributed by atoms with Crippen molar-refractivity contribution >= 4 is 28.1 Å². The highest BCUT2D eigenvalue weighted by atomic mass is 17.1. The van der Waals surface area contributed by atoms with E-state index in [2.05, 4.69) is 21.8 Å². The lowest BCUT2D eigenvalue weighted by molar-refractivity contribution is -0.237. The Morgan fingerprint density at radius 1 is 1.24 bits per heavy atom. The van der Waals surface area contributed by atoms with Gasteiger partial charge in [0.1, 0.15) is 5.75 Å².